The third-order valence-electron chi connectivity index (χ3n) is 3.62. The fourth-order valence-corrected chi connectivity index (χ4v) is 2.39. The quantitative estimate of drug-likeness (QED) is 0.731. The lowest BCUT2D eigenvalue weighted by Gasteiger charge is -2.21. The van der Waals surface area contributed by atoms with Crippen molar-refractivity contribution in [3.05, 3.63) is 53.5 Å². The summed E-state index contributed by atoms with van der Waals surface area (Å²) >= 11 is 0. The summed E-state index contributed by atoms with van der Waals surface area (Å²) in [6, 6.07) is 10.1. The van der Waals surface area contributed by atoms with Gasteiger partial charge in [-0.25, -0.2) is 0 Å². The summed E-state index contributed by atoms with van der Waals surface area (Å²) in [4.78, 5) is 15.7. The maximum atomic E-state index is 12.3. The van der Waals surface area contributed by atoms with Crippen LogP contribution in [0.25, 0.3) is 0 Å². The van der Waals surface area contributed by atoms with Crippen LogP contribution >= 0.6 is 0 Å². The Hall–Kier alpha value is -2.41. The molecular formula is C18H22F2N2O3. The summed E-state index contributed by atoms with van der Waals surface area (Å²) < 4.78 is 34.0. The second kappa shape index (κ2) is 8.62. The highest BCUT2D eigenvalue weighted by Crippen LogP contribution is 2.16. The van der Waals surface area contributed by atoms with Crippen molar-refractivity contribution in [2.75, 3.05) is 20.6 Å². The fourth-order valence-electron chi connectivity index (χ4n) is 2.39. The molecule has 1 heterocycles. The molecule has 0 aliphatic carbocycles. The van der Waals surface area contributed by atoms with Crippen LogP contribution in [0.1, 0.15) is 17.1 Å². The van der Waals surface area contributed by atoms with E-state index in [1.807, 2.05) is 31.0 Å². The van der Waals surface area contributed by atoms with Crippen molar-refractivity contribution in [3.8, 4) is 5.75 Å². The zero-order chi connectivity index (χ0) is 18.4. The summed E-state index contributed by atoms with van der Waals surface area (Å²) in [6.07, 6.45) is 0. The lowest BCUT2D eigenvalue weighted by molar-refractivity contribution is -0.131. The molecule has 25 heavy (non-hydrogen) atoms. The minimum Gasteiger partial charge on any atom is -0.464 e. The predicted molar refractivity (Wildman–Crippen MR) is 89.3 cm³/mol. The normalized spacial score (nSPS) is 11.2. The molecule has 0 aliphatic heterocycles. The molecule has 0 atom stereocenters. The van der Waals surface area contributed by atoms with E-state index >= 15 is 0 Å². The summed E-state index contributed by atoms with van der Waals surface area (Å²) in [5.74, 6) is 1.64. The number of likely N-dealkylation sites (N-methyl/N-ethyl adjacent to an activating group) is 2. The van der Waals surface area contributed by atoms with Gasteiger partial charge in [-0.15, -0.1) is 0 Å². The van der Waals surface area contributed by atoms with Crippen molar-refractivity contribution in [2.45, 2.75) is 26.6 Å². The van der Waals surface area contributed by atoms with Crippen LogP contribution in [-0.4, -0.2) is 43.0 Å². The van der Waals surface area contributed by atoms with Gasteiger partial charge < -0.3 is 14.1 Å². The van der Waals surface area contributed by atoms with E-state index in [2.05, 4.69) is 4.74 Å². The van der Waals surface area contributed by atoms with Crippen molar-refractivity contribution in [2.24, 2.45) is 0 Å². The van der Waals surface area contributed by atoms with Gasteiger partial charge in [0.1, 0.15) is 17.3 Å². The number of nitrogens with zero attached hydrogens (tertiary/aromatic N) is 2. The van der Waals surface area contributed by atoms with Gasteiger partial charge in [0, 0.05) is 13.6 Å². The van der Waals surface area contributed by atoms with E-state index in [1.165, 1.54) is 12.1 Å². The van der Waals surface area contributed by atoms with Crippen molar-refractivity contribution >= 4 is 5.91 Å². The van der Waals surface area contributed by atoms with Crippen LogP contribution in [0.15, 0.2) is 40.8 Å². The first-order chi connectivity index (χ1) is 11.8. The van der Waals surface area contributed by atoms with E-state index in [0.29, 0.717) is 13.1 Å². The van der Waals surface area contributed by atoms with Crippen molar-refractivity contribution in [1.29, 1.82) is 0 Å². The SMILES string of the molecule is Cc1ccc(CN(C)C(=O)CN(C)Cc2ccc(OC(F)F)cc2)o1. The number of alkyl halides is 2. The molecule has 7 heteroatoms. The minimum atomic E-state index is -2.83. The highest BCUT2D eigenvalue weighted by atomic mass is 19.3. The first kappa shape index (κ1) is 18.9. The summed E-state index contributed by atoms with van der Waals surface area (Å²) in [5, 5.41) is 0. The van der Waals surface area contributed by atoms with Crippen LogP contribution in [0.5, 0.6) is 5.75 Å². The molecule has 0 N–H and O–H groups in total. The van der Waals surface area contributed by atoms with Crippen LogP contribution in [0, 0.1) is 6.92 Å². The number of hydrogen-bond acceptors (Lipinski definition) is 4. The smallest absolute Gasteiger partial charge is 0.387 e. The number of furan rings is 1. The Morgan fingerprint density at radius 3 is 2.36 bits per heavy atom. The second-order valence-corrected chi connectivity index (χ2v) is 5.96. The van der Waals surface area contributed by atoms with Crippen molar-refractivity contribution in [3.63, 3.8) is 0 Å². The van der Waals surface area contributed by atoms with Gasteiger partial charge >= 0.3 is 6.61 Å². The van der Waals surface area contributed by atoms with Gasteiger partial charge in [-0.1, -0.05) is 12.1 Å². The van der Waals surface area contributed by atoms with Crippen LogP contribution in [0.2, 0.25) is 0 Å². The molecule has 0 unspecified atom stereocenters. The van der Waals surface area contributed by atoms with Gasteiger partial charge in [0.05, 0.1) is 13.1 Å². The molecule has 0 radical (unpaired) electrons. The number of amides is 1. The molecule has 1 amide bonds. The first-order valence-corrected chi connectivity index (χ1v) is 7.85. The molecule has 2 rings (SSSR count). The Labute approximate surface area is 145 Å². The summed E-state index contributed by atoms with van der Waals surface area (Å²) in [7, 11) is 3.55. The highest BCUT2D eigenvalue weighted by molar-refractivity contribution is 5.77. The molecule has 0 spiro atoms. The number of hydrogen-bond donors (Lipinski definition) is 0. The highest BCUT2D eigenvalue weighted by Gasteiger charge is 2.14. The Morgan fingerprint density at radius 2 is 1.80 bits per heavy atom. The molecule has 0 bridgehead atoms. The molecule has 0 saturated heterocycles. The van der Waals surface area contributed by atoms with Gasteiger partial charge in [-0.2, -0.15) is 8.78 Å². The van der Waals surface area contributed by atoms with E-state index < -0.39 is 6.61 Å². The molecule has 2 aromatic rings. The van der Waals surface area contributed by atoms with E-state index in [-0.39, 0.29) is 18.2 Å². The van der Waals surface area contributed by atoms with Gasteiger partial charge in [-0.05, 0) is 43.8 Å². The topological polar surface area (TPSA) is 45.9 Å². The molecule has 0 fully saturated rings. The van der Waals surface area contributed by atoms with Crippen LogP contribution < -0.4 is 4.74 Å². The van der Waals surface area contributed by atoms with Crippen molar-refractivity contribution in [1.82, 2.24) is 9.80 Å². The number of ether oxygens (including phenoxy) is 1. The van der Waals surface area contributed by atoms with Gasteiger partial charge in [-0.3, -0.25) is 9.69 Å². The average Bonchev–Trinajstić information content (AvgIpc) is 2.93. The Kier molecular flexibility index (Phi) is 6.52. The van der Waals surface area contributed by atoms with Crippen LogP contribution in [0.3, 0.4) is 0 Å². The maximum Gasteiger partial charge on any atom is 0.387 e. The molecule has 136 valence electrons. The predicted octanol–water partition coefficient (Wildman–Crippen LogP) is 3.28. The van der Waals surface area contributed by atoms with Gasteiger partial charge in [0.15, 0.2) is 0 Å². The summed E-state index contributed by atoms with van der Waals surface area (Å²) in [6.45, 7) is 0.205. The Bertz CT molecular complexity index is 686. The number of carbonyl (C=O) groups is 1. The molecule has 1 aromatic carbocycles. The Morgan fingerprint density at radius 1 is 1.12 bits per heavy atom. The van der Waals surface area contributed by atoms with Gasteiger partial charge in [0.25, 0.3) is 0 Å². The molecule has 1 aromatic heterocycles. The lowest BCUT2D eigenvalue weighted by Crippen LogP contribution is -2.35. The number of aryl methyl sites for hydroxylation is 1. The number of rotatable bonds is 8. The van der Waals surface area contributed by atoms with E-state index in [9.17, 15) is 13.6 Å². The van der Waals surface area contributed by atoms with Gasteiger partial charge in [0.2, 0.25) is 5.91 Å². The number of carbonyl (C=O) groups excluding carboxylic acids is 1. The molecule has 0 aliphatic rings. The standard InChI is InChI=1S/C18H22F2N2O3/c1-13-4-7-16(24-13)11-22(3)17(23)12-21(2)10-14-5-8-15(9-6-14)25-18(19)20/h4-9,18H,10-12H2,1-3H3. The first-order valence-electron chi connectivity index (χ1n) is 7.85. The zero-order valence-corrected chi connectivity index (χ0v) is 14.5. The molecule has 0 saturated carbocycles. The number of halogens is 2. The fraction of sp³-hybridized carbons (Fsp3) is 0.389. The average molecular weight is 352 g/mol. The largest absolute Gasteiger partial charge is 0.464 e. The zero-order valence-electron chi connectivity index (χ0n) is 14.5. The second-order valence-electron chi connectivity index (χ2n) is 5.96. The number of benzene rings is 1. The van der Waals surface area contributed by atoms with Crippen LogP contribution in [0.4, 0.5) is 8.78 Å². The third kappa shape index (κ3) is 6.19. The lowest BCUT2D eigenvalue weighted by atomic mass is 10.2. The minimum absolute atomic E-state index is 0.0331. The van der Waals surface area contributed by atoms with E-state index in [0.717, 1.165) is 17.1 Å². The van der Waals surface area contributed by atoms with E-state index in [1.54, 1.807) is 24.1 Å². The molecular weight excluding hydrogens is 330 g/mol. The van der Waals surface area contributed by atoms with Crippen molar-refractivity contribution < 1.29 is 22.7 Å². The third-order valence-corrected chi connectivity index (χ3v) is 3.62. The van der Waals surface area contributed by atoms with Crippen LogP contribution in [-0.2, 0) is 17.9 Å². The monoisotopic (exact) mass is 352 g/mol. The van der Waals surface area contributed by atoms with E-state index in [4.69, 9.17) is 4.42 Å². The summed E-state index contributed by atoms with van der Waals surface area (Å²) in [5.41, 5.74) is 0.904. The molecule has 5 nitrogen and oxygen atoms in total. The maximum absolute atomic E-state index is 12.3. The Balaban J connectivity index is 1.82.